The van der Waals surface area contributed by atoms with E-state index in [4.69, 9.17) is 9.56 Å². The Morgan fingerprint density at radius 2 is 1.90 bits per heavy atom. The molecule has 0 aliphatic heterocycles. The van der Waals surface area contributed by atoms with Gasteiger partial charge in [-0.15, -0.1) is 0 Å². The number of nitrogens with one attached hydrogen (secondary N) is 1. The number of amides is 1. The molecule has 0 bridgehead atoms. The highest BCUT2D eigenvalue weighted by atomic mass is 79.9. The summed E-state index contributed by atoms with van der Waals surface area (Å²) in [5.41, 5.74) is 0. The van der Waals surface area contributed by atoms with Gasteiger partial charge in [0.1, 0.15) is 4.90 Å². The van der Waals surface area contributed by atoms with Gasteiger partial charge in [0.05, 0.1) is 0 Å². The molecule has 1 aromatic heterocycles. The fourth-order valence-corrected chi connectivity index (χ4v) is 3.35. The summed E-state index contributed by atoms with van der Waals surface area (Å²) in [4.78, 5) is 11.6. The number of halogens is 1. The summed E-state index contributed by atoms with van der Waals surface area (Å²) in [7, 11) is -3.90. The summed E-state index contributed by atoms with van der Waals surface area (Å²) >= 11 is 2.93. The molecule has 1 rings (SSSR count). The molecule has 3 N–H and O–H groups in total. The third-order valence-corrected chi connectivity index (χ3v) is 4.77. The van der Waals surface area contributed by atoms with Gasteiger partial charge in [-0.2, -0.15) is 0 Å². The number of sulfonamides is 1. The molecule has 0 radical (unpaired) electrons. The molecule has 0 unspecified atom stereocenters. The van der Waals surface area contributed by atoms with Crippen LogP contribution in [0.5, 0.6) is 0 Å². The SMILES string of the molecule is CCCCCCCCNC(=O)c1cc(S(N)(=O)=O)c(Br)o1. The summed E-state index contributed by atoms with van der Waals surface area (Å²) in [6.45, 7) is 2.70. The van der Waals surface area contributed by atoms with E-state index in [1.54, 1.807) is 0 Å². The Bertz CT molecular complexity index is 569. The summed E-state index contributed by atoms with van der Waals surface area (Å²) < 4.78 is 27.5. The zero-order valence-corrected chi connectivity index (χ0v) is 14.4. The van der Waals surface area contributed by atoms with E-state index in [0.717, 1.165) is 25.3 Å². The number of carbonyl (C=O) groups is 1. The predicted molar refractivity (Wildman–Crippen MR) is 83.5 cm³/mol. The zero-order valence-electron chi connectivity index (χ0n) is 12.0. The molecule has 0 spiro atoms. The Labute approximate surface area is 133 Å². The second-order valence-electron chi connectivity index (χ2n) is 4.82. The minimum absolute atomic E-state index is 0.0604. The maximum atomic E-state index is 11.8. The number of carbonyl (C=O) groups excluding carboxylic acids is 1. The molecule has 0 aliphatic carbocycles. The van der Waals surface area contributed by atoms with Gasteiger partial charge in [-0.05, 0) is 22.4 Å². The van der Waals surface area contributed by atoms with E-state index >= 15 is 0 Å². The molecule has 1 aromatic rings. The van der Waals surface area contributed by atoms with Crippen LogP contribution in [0.3, 0.4) is 0 Å². The lowest BCUT2D eigenvalue weighted by Gasteiger charge is -2.03. The second-order valence-corrected chi connectivity index (χ2v) is 7.07. The van der Waals surface area contributed by atoms with Crippen LogP contribution < -0.4 is 10.5 Å². The van der Waals surface area contributed by atoms with Crippen molar-refractivity contribution in [3.63, 3.8) is 0 Å². The molecule has 0 aliphatic rings. The van der Waals surface area contributed by atoms with Crippen molar-refractivity contribution in [3.8, 4) is 0 Å². The average Bonchev–Trinajstić information content (AvgIpc) is 2.79. The lowest BCUT2D eigenvalue weighted by atomic mass is 10.1. The first-order valence-corrected chi connectivity index (χ1v) is 9.30. The van der Waals surface area contributed by atoms with E-state index < -0.39 is 15.9 Å². The molecule has 0 atom stereocenters. The Balaban J connectivity index is 2.40. The van der Waals surface area contributed by atoms with Crippen LogP contribution in [0.25, 0.3) is 0 Å². The van der Waals surface area contributed by atoms with Gasteiger partial charge < -0.3 is 9.73 Å². The zero-order chi connectivity index (χ0) is 15.9. The highest BCUT2D eigenvalue weighted by Crippen LogP contribution is 2.24. The van der Waals surface area contributed by atoms with Gasteiger partial charge in [0.25, 0.3) is 5.91 Å². The summed E-state index contributed by atoms with van der Waals surface area (Å²) in [6.07, 6.45) is 6.77. The van der Waals surface area contributed by atoms with Crippen molar-refractivity contribution in [2.24, 2.45) is 5.14 Å². The van der Waals surface area contributed by atoms with Crippen LogP contribution in [0.15, 0.2) is 20.0 Å². The Morgan fingerprint density at radius 1 is 1.29 bits per heavy atom. The second kappa shape index (κ2) is 8.55. The third-order valence-electron chi connectivity index (χ3n) is 3.00. The van der Waals surface area contributed by atoms with E-state index in [9.17, 15) is 13.2 Å². The molecule has 1 amide bonds. The smallest absolute Gasteiger partial charge is 0.287 e. The number of rotatable bonds is 9. The van der Waals surface area contributed by atoms with Gasteiger partial charge in [0, 0.05) is 12.6 Å². The van der Waals surface area contributed by atoms with Crippen LogP contribution in [0.2, 0.25) is 0 Å². The number of furan rings is 1. The van der Waals surface area contributed by atoms with Crippen molar-refractivity contribution in [1.82, 2.24) is 5.32 Å². The van der Waals surface area contributed by atoms with Gasteiger partial charge in [-0.1, -0.05) is 39.0 Å². The van der Waals surface area contributed by atoms with E-state index in [1.165, 1.54) is 19.3 Å². The van der Waals surface area contributed by atoms with E-state index in [2.05, 4.69) is 28.2 Å². The fraction of sp³-hybridized carbons (Fsp3) is 0.615. The van der Waals surface area contributed by atoms with E-state index in [-0.39, 0.29) is 15.3 Å². The molecule has 120 valence electrons. The quantitative estimate of drug-likeness (QED) is 0.642. The predicted octanol–water partition coefficient (Wildman–Crippen LogP) is 2.78. The molecule has 6 nitrogen and oxygen atoms in total. The lowest BCUT2D eigenvalue weighted by Crippen LogP contribution is -2.24. The number of nitrogens with two attached hydrogens (primary N) is 1. The van der Waals surface area contributed by atoms with Crippen LogP contribution in [-0.2, 0) is 10.0 Å². The minimum Gasteiger partial charge on any atom is -0.443 e. The van der Waals surface area contributed by atoms with Crippen LogP contribution in [0, 0.1) is 0 Å². The van der Waals surface area contributed by atoms with Gasteiger partial charge in [0.2, 0.25) is 10.0 Å². The summed E-state index contributed by atoms with van der Waals surface area (Å²) in [6, 6.07) is 1.12. The first-order valence-electron chi connectivity index (χ1n) is 6.96. The number of unbranched alkanes of at least 4 members (excludes halogenated alkanes) is 5. The number of hydrogen-bond donors (Lipinski definition) is 2. The number of hydrogen-bond acceptors (Lipinski definition) is 4. The molecule has 1 heterocycles. The standard InChI is InChI=1S/C13H21BrN2O4S/c1-2-3-4-5-6-7-8-16-13(17)10-9-11(12(14)20-10)21(15,18)19/h9H,2-8H2,1H3,(H,16,17)(H2,15,18,19). The summed E-state index contributed by atoms with van der Waals surface area (Å²) in [5.74, 6) is -0.518. The first kappa shape index (κ1) is 18.2. The van der Waals surface area contributed by atoms with E-state index in [0.29, 0.717) is 6.54 Å². The van der Waals surface area contributed by atoms with Gasteiger partial charge >= 0.3 is 0 Å². The first-order chi connectivity index (χ1) is 9.86. The topological polar surface area (TPSA) is 102 Å². The van der Waals surface area contributed by atoms with Gasteiger partial charge in [-0.25, -0.2) is 13.6 Å². The van der Waals surface area contributed by atoms with Crippen molar-refractivity contribution in [2.75, 3.05) is 6.54 Å². The van der Waals surface area contributed by atoms with E-state index in [1.807, 2.05) is 0 Å². The summed E-state index contributed by atoms with van der Waals surface area (Å²) in [5, 5.41) is 7.69. The van der Waals surface area contributed by atoms with Crippen molar-refractivity contribution < 1.29 is 17.6 Å². The molecule has 0 fully saturated rings. The van der Waals surface area contributed by atoms with Crippen molar-refractivity contribution in [1.29, 1.82) is 0 Å². The highest BCUT2D eigenvalue weighted by molar-refractivity contribution is 9.10. The monoisotopic (exact) mass is 380 g/mol. The molecule has 0 aromatic carbocycles. The Hall–Kier alpha value is -0.860. The lowest BCUT2D eigenvalue weighted by molar-refractivity contribution is 0.0924. The van der Waals surface area contributed by atoms with Gasteiger partial charge in [-0.3, -0.25) is 4.79 Å². The maximum Gasteiger partial charge on any atom is 0.287 e. The minimum atomic E-state index is -3.90. The normalized spacial score (nSPS) is 11.6. The van der Waals surface area contributed by atoms with Crippen LogP contribution in [0.1, 0.15) is 56.0 Å². The molecule has 0 saturated heterocycles. The maximum absolute atomic E-state index is 11.8. The Morgan fingerprint density at radius 3 is 2.48 bits per heavy atom. The highest BCUT2D eigenvalue weighted by Gasteiger charge is 2.21. The van der Waals surface area contributed by atoms with Crippen LogP contribution in [-0.4, -0.2) is 20.9 Å². The molecule has 21 heavy (non-hydrogen) atoms. The average molecular weight is 381 g/mol. The Kier molecular flexibility index (Phi) is 7.41. The van der Waals surface area contributed by atoms with Crippen molar-refractivity contribution in [3.05, 3.63) is 16.5 Å². The molecular weight excluding hydrogens is 360 g/mol. The molecular formula is C13H21BrN2O4S. The third kappa shape index (κ3) is 6.19. The molecule has 8 heteroatoms. The fourth-order valence-electron chi connectivity index (χ4n) is 1.85. The van der Waals surface area contributed by atoms with Crippen molar-refractivity contribution >= 4 is 31.9 Å². The van der Waals surface area contributed by atoms with Crippen LogP contribution in [0.4, 0.5) is 0 Å². The molecule has 0 saturated carbocycles. The van der Waals surface area contributed by atoms with Crippen LogP contribution >= 0.6 is 15.9 Å². The van der Waals surface area contributed by atoms with Crippen molar-refractivity contribution in [2.45, 2.75) is 50.3 Å². The van der Waals surface area contributed by atoms with Gasteiger partial charge in [0.15, 0.2) is 10.4 Å². The number of primary sulfonamides is 1. The largest absolute Gasteiger partial charge is 0.443 e.